The molecular formula is C24H17N3S. The Morgan fingerprint density at radius 3 is 1.79 bits per heavy atom. The highest BCUT2D eigenvalue weighted by Crippen LogP contribution is 2.51. The number of para-hydroxylation sites is 3. The van der Waals surface area contributed by atoms with Gasteiger partial charge in [-0.3, -0.25) is 0 Å². The van der Waals surface area contributed by atoms with Crippen LogP contribution in [-0.2, 0) is 5.41 Å². The number of aromatic amines is 2. The monoisotopic (exact) mass is 379 g/mol. The molecule has 3 nitrogen and oxygen atoms in total. The Morgan fingerprint density at radius 2 is 1.14 bits per heavy atom. The average Bonchev–Trinajstić information content (AvgIpc) is 3.42. The molecule has 0 saturated carbocycles. The summed E-state index contributed by atoms with van der Waals surface area (Å²) >= 11 is 6.04. The Morgan fingerprint density at radius 1 is 0.607 bits per heavy atom. The second-order valence-electron chi connectivity index (χ2n) is 7.25. The molecule has 1 aliphatic rings. The van der Waals surface area contributed by atoms with Crippen LogP contribution >= 0.6 is 12.2 Å². The highest BCUT2D eigenvalue weighted by molar-refractivity contribution is 7.80. The molecule has 5 aromatic rings. The first-order valence-corrected chi connectivity index (χ1v) is 9.75. The lowest BCUT2D eigenvalue weighted by Gasteiger charge is -2.30. The lowest BCUT2D eigenvalue weighted by Crippen LogP contribution is -2.35. The van der Waals surface area contributed by atoms with Crippen molar-refractivity contribution in [3.8, 4) is 0 Å². The number of H-pyrrole nitrogens is 2. The van der Waals surface area contributed by atoms with Crippen molar-refractivity contribution in [2.75, 3.05) is 5.32 Å². The molecule has 3 heterocycles. The van der Waals surface area contributed by atoms with Gasteiger partial charge in [-0.25, -0.2) is 0 Å². The van der Waals surface area contributed by atoms with E-state index in [2.05, 4.69) is 100 Å². The van der Waals surface area contributed by atoms with Crippen LogP contribution in [0, 0.1) is 0 Å². The molecule has 0 radical (unpaired) electrons. The van der Waals surface area contributed by atoms with Crippen LogP contribution in [0.1, 0.15) is 16.7 Å². The summed E-state index contributed by atoms with van der Waals surface area (Å²) in [5, 5.41) is 5.88. The molecule has 1 aliphatic heterocycles. The quantitative estimate of drug-likeness (QED) is 0.343. The van der Waals surface area contributed by atoms with Gasteiger partial charge in [0.1, 0.15) is 5.41 Å². The first kappa shape index (κ1) is 15.7. The molecule has 0 saturated heterocycles. The second-order valence-corrected chi connectivity index (χ2v) is 7.65. The van der Waals surface area contributed by atoms with Crippen LogP contribution in [0.5, 0.6) is 0 Å². The Balaban J connectivity index is 1.80. The lowest BCUT2D eigenvalue weighted by atomic mass is 9.70. The molecule has 3 N–H and O–H groups in total. The standard InChI is InChI=1S/C24H17N3S/c28-23-24(17-9-3-6-12-22(17)27-23,18-13-25-20-10-4-1-7-15(18)20)19-14-26-21-11-5-2-8-16(19)21/h1-14,25-26H,(H,27,28). The zero-order valence-electron chi connectivity index (χ0n) is 15.0. The minimum absolute atomic E-state index is 0.550. The molecule has 28 heavy (non-hydrogen) atoms. The molecule has 0 atom stereocenters. The Kier molecular flexibility index (Phi) is 3.11. The van der Waals surface area contributed by atoms with Crippen LogP contribution in [-0.4, -0.2) is 15.0 Å². The van der Waals surface area contributed by atoms with Crippen LogP contribution in [0.4, 0.5) is 5.69 Å². The molecule has 134 valence electrons. The van der Waals surface area contributed by atoms with Crippen LogP contribution < -0.4 is 5.32 Å². The molecule has 0 bridgehead atoms. The maximum atomic E-state index is 6.04. The van der Waals surface area contributed by atoms with E-state index in [0.717, 1.165) is 21.7 Å². The highest BCUT2D eigenvalue weighted by atomic mass is 32.1. The average molecular weight is 379 g/mol. The van der Waals surface area contributed by atoms with Gasteiger partial charge in [0.25, 0.3) is 0 Å². The number of fused-ring (bicyclic) bond motifs is 3. The van der Waals surface area contributed by atoms with Crippen molar-refractivity contribution >= 4 is 44.7 Å². The third-order valence-electron chi connectivity index (χ3n) is 5.91. The van der Waals surface area contributed by atoms with E-state index >= 15 is 0 Å². The molecule has 4 heteroatoms. The second kappa shape index (κ2) is 5.57. The van der Waals surface area contributed by atoms with Crippen molar-refractivity contribution in [2.45, 2.75) is 5.41 Å². The third-order valence-corrected chi connectivity index (χ3v) is 6.31. The molecule has 0 unspecified atom stereocenters. The van der Waals surface area contributed by atoms with E-state index in [1.807, 2.05) is 0 Å². The van der Waals surface area contributed by atoms with Crippen molar-refractivity contribution in [3.05, 3.63) is 102 Å². The SMILES string of the molecule is S=C1Nc2ccccc2C1(c1c[nH]c2ccccc12)c1c[nH]c2ccccc12. The number of benzene rings is 3. The van der Waals surface area contributed by atoms with Crippen LogP contribution in [0.3, 0.4) is 0 Å². The summed E-state index contributed by atoms with van der Waals surface area (Å²) in [4.78, 5) is 7.72. The van der Waals surface area contributed by atoms with Crippen LogP contribution in [0.2, 0.25) is 0 Å². The van der Waals surface area contributed by atoms with Gasteiger partial charge in [-0.1, -0.05) is 66.8 Å². The normalized spacial score (nSPS) is 15.1. The first-order valence-electron chi connectivity index (χ1n) is 9.34. The van der Waals surface area contributed by atoms with Gasteiger partial charge >= 0.3 is 0 Å². The summed E-state index contributed by atoms with van der Waals surface area (Å²) in [7, 11) is 0. The van der Waals surface area contributed by atoms with Gasteiger partial charge in [0.15, 0.2) is 0 Å². The zero-order valence-corrected chi connectivity index (χ0v) is 15.8. The number of rotatable bonds is 2. The molecule has 0 amide bonds. The van der Waals surface area contributed by atoms with E-state index < -0.39 is 5.41 Å². The van der Waals surface area contributed by atoms with Crippen LogP contribution in [0.25, 0.3) is 21.8 Å². The molecule has 0 spiro atoms. The van der Waals surface area contributed by atoms with Gasteiger partial charge in [-0.2, -0.15) is 0 Å². The Labute approximate surface area is 167 Å². The predicted molar refractivity (Wildman–Crippen MR) is 119 cm³/mol. The number of anilines is 1. The van der Waals surface area contributed by atoms with E-state index in [0.29, 0.717) is 0 Å². The highest BCUT2D eigenvalue weighted by Gasteiger charge is 2.49. The summed E-state index contributed by atoms with van der Waals surface area (Å²) in [5.74, 6) is 0. The van der Waals surface area contributed by atoms with Crippen molar-refractivity contribution in [3.63, 3.8) is 0 Å². The van der Waals surface area contributed by atoms with Crippen LogP contribution in [0.15, 0.2) is 85.2 Å². The Bertz CT molecular complexity index is 1300. The minimum atomic E-state index is -0.550. The predicted octanol–water partition coefficient (Wildman–Crippen LogP) is 5.74. The summed E-state index contributed by atoms with van der Waals surface area (Å²) in [6.07, 6.45) is 4.23. The maximum Gasteiger partial charge on any atom is 0.102 e. The van der Waals surface area contributed by atoms with Gasteiger partial charge in [-0.15, -0.1) is 0 Å². The van der Waals surface area contributed by atoms with Gasteiger partial charge in [0, 0.05) is 39.9 Å². The third kappa shape index (κ3) is 1.85. The van der Waals surface area contributed by atoms with Gasteiger partial charge < -0.3 is 15.3 Å². The summed E-state index contributed by atoms with van der Waals surface area (Å²) < 4.78 is 0. The largest absolute Gasteiger partial charge is 0.361 e. The van der Waals surface area contributed by atoms with E-state index in [-0.39, 0.29) is 0 Å². The summed E-state index contributed by atoms with van der Waals surface area (Å²) in [6.45, 7) is 0. The fourth-order valence-corrected chi connectivity index (χ4v) is 5.14. The van der Waals surface area contributed by atoms with E-state index in [4.69, 9.17) is 12.2 Å². The molecule has 3 aromatic carbocycles. The molecule has 0 aliphatic carbocycles. The molecular weight excluding hydrogens is 362 g/mol. The molecule has 2 aromatic heterocycles. The smallest absolute Gasteiger partial charge is 0.102 e. The topological polar surface area (TPSA) is 43.6 Å². The van der Waals surface area contributed by atoms with E-state index in [9.17, 15) is 0 Å². The van der Waals surface area contributed by atoms with Crippen molar-refractivity contribution < 1.29 is 0 Å². The maximum absolute atomic E-state index is 6.04. The molecule has 0 fully saturated rings. The number of nitrogens with one attached hydrogen (secondary N) is 3. The zero-order chi connectivity index (χ0) is 18.7. The fourth-order valence-electron chi connectivity index (χ4n) is 4.70. The number of aromatic nitrogens is 2. The summed E-state index contributed by atoms with van der Waals surface area (Å²) in [6, 6.07) is 25.3. The van der Waals surface area contributed by atoms with Crippen molar-refractivity contribution in [1.82, 2.24) is 9.97 Å². The summed E-state index contributed by atoms with van der Waals surface area (Å²) in [5.41, 5.74) is 6.29. The van der Waals surface area contributed by atoms with Crippen molar-refractivity contribution in [1.29, 1.82) is 0 Å². The lowest BCUT2D eigenvalue weighted by molar-refractivity contribution is 0.881. The van der Waals surface area contributed by atoms with Gasteiger partial charge in [0.2, 0.25) is 0 Å². The van der Waals surface area contributed by atoms with E-state index in [1.54, 1.807) is 0 Å². The Hall–Kier alpha value is -3.37. The van der Waals surface area contributed by atoms with E-state index in [1.165, 1.54) is 27.5 Å². The minimum Gasteiger partial charge on any atom is -0.361 e. The van der Waals surface area contributed by atoms with Crippen molar-refractivity contribution in [2.24, 2.45) is 0 Å². The number of thiocarbonyl (C=S) groups is 1. The number of hydrogen-bond donors (Lipinski definition) is 3. The van der Waals surface area contributed by atoms with Gasteiger partial charge in [0.05, 0.1) is 4.99 Å². The molecule has 6 rings (SSSR count). The first-order chi connectivity index (χ1) is 13.8. The van der Waals surface area contributed by atoms with Gasteiger partial charge in [-0.05, 0) is 34.9 Å². The fraction of sp³-hybridized carbons (Fsp3) is 0.0417. The number of hydrogen-bond acceptors (Lipinski definition) is 1.